The third kappa shape index (κ3) is 5.39. The Balaban J connectivity index is 2.08. The maximum Gasteiger partial charge on any atom is 0.251 e. The van der Waals surface area contributed by atoms with Crippen molar-refractivity contribution in [1.82, 2.24) is 5.32 Å². The third-order valence-electron chi connectivity index (χ3n) is 4.16. The van der Waals surface area contributed by atoms with Gasteiger partial charge in [-0.2, -0.15) is 0 Å². The maximum absolute atomic E-state index is 12.7. The maximum atomic E-state index is 12.7. The predicted octanol–water partition coefficient (Wildman–Crippen LogP) is 3.07. The van der Waals surface area contributed by atoms with Crippen LogP contribution < -0.4 is 25.8 Å². The van der Waals surface area contributed by atoms with Gasteiger partial charge in [0.2, 0.25) is 5.91 Å². The number of amides is 2. The van der Waals surface area contributed by atoms with E-state index < -0.39 is 6.04 Å². The van der Waals surface area contributed by atoms with E-state index in [1.807, 2.05) is 20.8 Å². The van der Waals surface area contributed by atoms with Gasteiger partial charge in [-0.05, 0) is 55.3 Å². The molecule has 0 aliphatic carbocycles. The number of nitrogen functional groups attached to an aromatic ring is 1. The fourth-order valence-corrected chi connectivity index (χ4v) is 2.66. The lowest BCUT2D eigenvalue weighted by Gasteiger charge is -2.22. The van der Waals surface area contributed by atoms with E-state index in [2.05, 4.69) is 10.6 Å². The van der Waals surface area contributed by atoms with Crippen LogP contribution in [0.2, 0.25) is 0 Å². The van der Waals surface area contributed by atoms with E-state index in [0.29, 0.717) is 35.0 Å². The summed E-state index contributed by atoms with van der Waals surface area (Å²) in [6, 6.07) is 11.1. The number of carbonyl (C=O) groups excluding carboxylic acids is 2. The van der Waals surface area contributed by atoms with Crippen LogP contribution in [0.15, 0.2) is 42.5 Å². The molecule has 7 nitrogen and oxygen atoms in total. The smallest absolute Gasteiger partial charge is 0.251 e. The average molecular weight is 385 g/mol. The van der Waals surface area contributed by atoms with Gasteiger partial charge in [0, 0.05) is 11.3 Å². The van der Waals surface area contributed by atoms with Crippen LogP contribution in [0.1, 0.15) is 31.1 Å². The topological polar surface area (TPSA) is 103 Å². The molecule has 0 aromatic heterocycles. The Morgan fingerprint density at radius 3 is 2.32 bits per heavy atom. The quantitative estimate of drug-likeness (QED) is 0.606. The van der Waals surface area contributed by atoms with Gasteiger partial charge >= 0.3 is 0 Å². The summed E-state index contributed by atoms with van der Waals surface area (Å²) >= 11 is 0. The second-order valence-electron chi connectivity index (χ2n) is 6.60. The summed E-state index contributed by atoms with van der Waals surface area (Å²) in [6.07, 6.45) is 0. The van der Waals surface area contributed by atoms with Gasteiger partial charge in [0.05, 0.1) is 19.4 Å². The van der Waals surface area contributed by atoms with E-state index in [0.717, 1.165) is 0 Å². The molecule has 4 N–H and O–H groups in total. The van der Waals surface area contributed by atoms with E-state index in [1.54, 1.807) is 42.5 Å². The Hall–Kier alpha value is -3.22. The molecule has 1 unspecified atom stereocenters. The number of nitrogens with two attached hydrogens (primary N) is 1. The van der Waals surface area contributed by atoms with Crippen molar-refractivity contribution in [2.24, 2.45) is 5.92 Å². The van der Waals surface area contributed by atoms with Crippen LogP contribution in [0.3, 0.4) is 0 Å². The van der Waals surface area contributed by atoms with Gasteiger partial charge in [-0.15, -0.1) is 0 Å². The van der Waals surface area contributed by atoms with Gasteiger partial charge in [-0.25, -0.2) is 0 Å². The largest absolute Gasteiger partial charge is 0.495 e. The predicted molar refractivity (Wildman–Crippen MR) is 110 cm³/mol. The highest BCUT2D eigenvalue weighted by molar-refractivity contribution is 6.01. The van der Waals surface area contributed by atoms with E-state index in [4.69, 9.17) is 15.2 Å². The Bertz CT molecular complexity index is 819. The summed E-state index contributed by atoms with van der Waals surface area (Å²) < 4.78 is 10.5. The highest BCUT2D eigenvalue weighted by Gasteiger charge is 2.25. The van der Waals surface area contributed by atoms with Crippen LogP contribution in [0.25, 0.3) is 0 Å². The Morgan fingerprint density at radius 2 is 1.79 bits per heavy atom. The number of anilines is 2. The second-order valence-corrected chi connectivity index (χ2v) is 6.60. The molecule has 0 spiro atoms. The Kier molecular flexibility index (Phi) is 7.26. The second kappa shape index (κ2) is 9.64. The fourth-order valence-electron chi connectivity index (χ4n) is 2.66. The summed E-state index contributed by atoms with van der Waals surface area (Å²) in [5.41, 5.74) is 7.28. The van der Waals surface area contributed by atoms with Crippen molar-refractivity contribution in [2.75, 3.05) is 24.8 Å². The molecule has 150 valence electrons. The number of hydrogen-bond donors (Lipinski definition) is 3. The van der Waals surface area contributed by atoms with Crippen molar-refractivity contribution in [3.8, 4) is 11.5 Å². The van der Waals surface area contributed by atoms with Crippen molar-refractivity contribution in [1.29, 1.82) is 0 Å². The summed E-state index contributed by atoms with van der Waals surface area (Å²) in [4.78, 5) is 25.3. The summed E-state index contributed by atoms with van der Waals surface area (Å²) in [5.74, 6) is 0.462. The molecular weight excluding hydrogens is 358 g/mol. The Labute approximate surface area is 165 Å². The van der Waals surface area contributed by atoms with Crippen LogP contribution in [0, 0.1) is 5.92 Å². The molecule has 2 aromatic rings. The number of hydrogen-bond acceptors (Lipinski definition) is 5. The van der Waals surface area contributed by atoms with Gasteiger partial charge in [0.25, 0.3) is 5.91 Å². The first kappa shape index (κ1) is 21.1. The fraction of sp³-hybridized carbons (Fsp3) is 0.333. The highest BCUT2D eigenvalue weighted by Crippen LogP contribution is 2.25. The minimum Gasteiger partial charge on any atom is -0.495 e. The van der Waals surface area contributed by atoms with Crippen LogP contribution in [0.5, 0.6) is 11.5 Å². The van der Waals surface area contributed by atoms with E-state index in [1.165, 1.54) is 7.11 Å². The molecular formula is C21H27N3O4. The molecule has 0 heterocycles. The summed E-state index contributed by atoms with van der Waals surface area (Å²) in [7, 11) is 1.52. The van der Waals surface area contributed by atoms with Gasteiger partial charge in [-0.3, -0.25) is 9.59 Å². The van der Waals surface area contributed by atoms with Crippen molar-refractivity contribution in [3.05, 3.63) is 48.0 Å². The first-order chi connectivity index (χ1) is 13.3. The van der Waals surface area contributed by atoms with E-state index in [-0.39, 0.29) is 17.7 Å². The van der Waals surface area contributed by atoms with E-state index >= 15 is 0 Å². The van der Waals surface area contributed by atoms with Crippen LogP contribution in [0.4, 0.5) is 11.4 Å². The first-order valence-corrected chi connectivity index (χ1v) is 9.13. The van der Waals surface area contributed by atoms with Gasteiger partial charge < -0.3 is 25.8 Å². The lowest BCUT2D eigenvalue weighted by molar-refractivity contribution is -0.118. The normalized spacial score (nSPS) is 11.6. The van der Waals surface area contributed by atoms with Crippen molar-refractivity contribution >= 4 is 23.2 Å². The molecule has 0 aliphatic heterocycles. The number of ether oxygens (including phenoxy) is 2. The number of nitrogens with one attached hydrogen (secondary N) is 2. The van der Waals surface area contributed by atoms with Crippen molar-refractivity contribution in [2.45, 2.75) is 26.8 Å². The molecule has 0 fully saturated rings. The zero-order chi connectivity index (χ0) is 20.7. The first-order valence-electron chi connectivity index (χ1n) is 9.13. The highest BCUT2D eigenvalue weighted by atomic mass is 16.5. The molecule has 28 heavy (non-hydrogen) atoms. The summed E-state index contributed by atoms with van der Waals surface area (Å²) in [5, 5.41) is 5.58. The molecule has 0 radical (unpaired) electrons. The van der Waals surface area contributed by atoms with Crippen molar-refractivity contribution in [3.63, 3.8) is 0 Å². The van der Waals surface area contributed by atoms with Crippen LogP contribution in [-0.2, 0) is 4.79 Å². The molecule has 2 amide bonds. The third-order valence-corrected chi connectivity index (χ3v) is 4.16. The molecule has 1 atom stereocenters. The van der Waals surface area contributed by atoms with Crippen molar-refractivity contribution < 1.29 is 19.1 Å². The zero-order valence-electron chi connectivity index (χ0n) is 16.6. The lowest BCUT2D eigenvalue weighted by Crippen LogP contribution is -2.47. The molecule has 2 rings (SSSR count). The van der Waals surface area contributed by atoms with Gasteiger partial charge in [-0.1, -0.05) is 13.8 Å². The van der Waals surface area contributed by atoms with Gasteiger partial charge in [0.15, 0.2) is 0 Å². The average Bonchev–Trinajstić information content (AvgIpc) is 2.66. The van der Waals surface area contributed by atoms with Crippen LogP contribution >= 0.6 is 0 Å². The van der Waals surface area contributed by atoms with E-state index in [9.17, 15) is 9.59 Å². The molecule has 7 heteroatoms. The monoisotopic (exact) mass is 385 g/mol. The number of carbonyl (C=O) groups is 2. The minimum absolute atomic E-state index is 0.109. The minimum atomic E-state index is -0.706. The SMILES string of the molecule is CCOc1ccc(C(=O)NC(C(=O)Nc2ccc(OC)c(N)c2)C(C)C)cc1. The summed E-state index contributed by atoms with van der Waals surface area (Å²) in [6.45, 7) is 6.18. The number of rotatable bonds is 8. The lowest BCUT2D eigenvalue weighted by atomic mass is 10.0. The Morgan fingerprint density at radius 1 is 1.11 bits per heavy atom. The molecule has 0 aliphatic rings. The molecule has 2 aromatic carbocycles. The number of methoxy groups -OCH3 is 1. The van der Waals surface area contributed by atoms with Gasteiger partial charge in [0.1, 0.15) is 17.5 Å². The molecule has 0 saturated carbocycles. The molecule has 0 saturated heterocycles. The molecule has 0 bridgehead atoms. The van der Waals surface area contributed by atoms with Crippen LogP contribution in [-0.4, -0.2) is 31.6 Å². The zero-order valence-corrected chi connectivity index (χ0v) is 16.6. The number of benzene rings is 2. The standard InChI is InChI=1S/C21H27N3O4/c1-5-28-16-9-6-14(7-10-16)20(25)24-19(13(2)3)21(26)23-15-8-11-18(27-4)17(22)12-15/h6-13,19H,5,22H2,1-4H3,(H,23,26)(H,24,25).